The van der Waals surface area contributed by atoms with Crippen LogP contribution in [0.15, 0.2) is 42.6 Å². The fraction of sp³-hybridized carbons (Fsp3) is 0.414. The molecule has 2 amide bonds. The Hall–Kier alpha value is -3.32. The Kier molecular flexibility index (Phi) is 8.43. The van der Waals surface area contributed by atoms with Crippen LogP contribution in [-0.2, 0) is 21.8 Å². The molecule has 2 aliphatic heterocycles. The third-order valence-corrected chi connectivity index (χ3v) is 9.57. The van der Waals surface area contributed by atoms with Crippen molar-refractivity contribution < 1.29 is 33.0 Å². The van der Waals surface area contributed by atoms with E-state index in [2.05, 4.69) is 29.9 Å². The molecule has 42 heavy (non-hydrogen) atoms. The molecule has 0 aliphatic carbocycles. The zero-order chi connectivity index (χ0) is 30.2. The highest BCUT2D eigenvalue weighted by Gasteiger charge is 2.49. The molecule has 0 saturated carbocycles. The number of anilines is 1. The van der Waals surface area contributed by atoms with Crippen LogP contribution in [0.3, 0.4) is 0 Å². The van der Waals surface area contributed by atoms with Crippen molar-refractivity contribution in [1.29, 1.82) is 0 Å². The van der Waals surface area contributed by atoms with E-state index >= 15 is 4.39 Å². The van der Waals surface area contributed by atoms with E-state index in [1.54, 1.807) is 0 Å². The van der Waals surface area contributed by atoms with Crippen molar-refractivity contribution in [3.8, 4) is 0 Å². The number of nitrogens with zero attached hydrogens (tertiary/aromatic N) is 3. The van der Waals surface area contributed by atoms with Crippen LogP contribution >= 0.6 is 11.6 Å². The molecular weight excluding hydrogens is 586 g/mol. The highest BCUT2D eigenvalue weighted by Crippen LogP contribution is 2.45. The maximum Gasteiger partial charge on any atom is 0.412 e. The van der Waals surface area contributed by atoms with Gasteiger partial charge in [0.15, 0.2) is 11.4 Å². The maximum atomic E-state index is 15.3. The standard InChI is InChI=1S/C29H33ClF2N4O5Si/c1-42(2,3)14-13-40-17-36-22(15-33-26(36)25(37)18-5-7-19(31)8-6-18)27(38)35-12-4-11-29(16-35)23-21(34-28(39)41-29)10-9-20(30)24(23)32/h5-10,15,25,37H,4,11-14,16-17H2,1-3H3,(H,34,39)/t25?,29-/m0/s1. The van der Waals surface area contributed by atoms with E-state index in [0.717, 1.165) is 6.04 Å². The summed E-state index contributed by atoms with van der Waals surface area (Å²) < 4.78 is 42.0. The highest BCUT2D eigenvalue weighted by atomic mass is 35.5. The fourth-order valence-electron chi connectivity index (χ4n) is 5.35. The second-order valence-electron chi connectivity index (χ2n) is 11.9. The number of carbonyl (C=O) groups excluding carboxylic acids is 2. The fourth-order valence-corrected chi connectivity index (χ4v) is 6.27. The van der Waals surface area contributed by atoms with E-state index in [0.29, 0.717) is 31.6 Å². The van der Waals surface area contributed by atoms with Gasteiger partial charge in [0, 0.05) is 21.2 Å². The van der Waals surface area contributed by atoms with Gasteiger partial charge < -0.3 is 19.5 Å². The molecule has 3 heterocycles. The molecule has 1 saturated heterocycles. The number of aliphatic hydroxyl groups is 1. The van der Waals surface area contributed by atoms with E-state index in [1.165, 1.54) is 52.1 Å². The number of ether oxygens (including phenoxy) is 2. The molecule has 9 nitrogen and oxygen atoms in total. The van der Waals surface area contributed by atoms with E-state index in [-0.39, 0.29) is 41.1 Å². The number of imidazole rings is 1. The van der Waals surface area contributed by atoms with E-state index in [9.17, 15) is 19.1 Å². The van der Waals surface area contributed by atoms with Gasteiger partial charge in [-0.15, -0.1) is 0 Å². The molecule has 1 spiro atoms. The molecular formula is C29H33ClF2N4O5Si. The lowest BCUT2D eigenvalue weighted by Gasteiger charge is -2.45. The van der Waals surface area contributed by atoms with Crippen LogP contribution in [0.25, 0.3) is 0 Å². The van der Waals surface area contributed by atoms with Crippen molar-refractivity contribution in [2.75, 3.05) is 25.0 Å². The zero-order valence-electron chi connectivity index (χ0n) is 23.6. The van der Waals surface area contributed by atoms with Gasteiger partial charge in [0.05, 0.1) is 29.0 Å². The van der Waals surface area contributed by atoms with Gasteiger partial charge >= 0.3 is 6.09 Å². The van der Waals surface area contributed by atoms with E-state index in [4.69, 9.17) is 21.1 Å². The summed E-state index contributed by atoms with van der Waals surface area (Å²) in [7, 11) is -1.40. The lowest BCUT2D eigenvalue weighted by molar-refractivity contribution is -0.0422. The average molecular weight is 619 g/mol. The van der Waals surface area contributed by atoms with Crippen LogP contribution in [0.5, 0.6) is 0 Å². The molecule has 3 aromatic rings. The monoisotopic (exact) mass is 618 g/mol. The first-order valence-electron chi connectivity index (χ1n) is 13.7. The van der Waals surface area contributed by atoms with Gasteiger partial charge in [0.1, 0.15) is 30.2 Å². The normalized spacial score (nSPS) is 19.3. The minimum atomic E-state index is -1.43. The molecule has 1 fully saturated rings. The van der Waals surface area contributed by atoms with Crippen LogP contribution in [0.1, 0.15) is 46.4 Å². The van der Waals surface area contributed by atoms with Crippen LogP contribution in [0.4, 0.5) is 19.3 Å². The number of piperidine rings is 1. The van der Waals surface area contributed by atoms with Gasteiger partial charge in [0.2, 0.25) is 0 Å². The van der Waals surface area contributed by atoms with Crippen LogP contribution < -0.4 is 5.32 Å². The third kappa shape index (κ3) is 6.07. The predicted octanol–water partition coefficient (Wildman–Crippen LogP) is 5.90. The van der Waals surface area contributed by atoms with Crippen LogP contribution in [0, 0.1) is 11.6 Å². The third-order valence-electron chi connectivity index (χ3n) is 7.57. The summed E-state index contributed by atoms with van der Waals surface area (Å²) in [5.41, 5.74) is -0.554. The van der Waals surface area contributed by atoms with Gasteiger partial charge in [0.25, 0.3) is 5.91 Å². The molecule has 1 aromatic heterocycles. The maximum absolute atomic E-state index is 15.3. The second-order valence-corrected chi connectivity index (χ2v) is 17.9. The van der Waals surface area contributed by atoms with Gasteiger partial charge in [-0.25, -0.2) is 18.6 Å². The molecule has 1 unspecified atom stereocenters. The summed E-state index contributed by atoms with van der Waals surface area (Å²) in [6.07, 6.45) is 0.0733. The number of carbonyl (C=O) groups is 2. The number of rotatable bonds is 8. The minimum absolute atomic E-state index is 0.0515. The van der Waals surface area contributed by atoms with Crippen molar-refractivity contribution >= 4 is 37.4 Å². The summed E-state index contributed by atoms with van der Waals surface area (Å²) in [5.74, 6) is -1.46. The summed E-state index contributed by atoms with van der Waals surface area (Å²) in [4.78, 5) is 32.3. The van der Waals surface area contributed by atoms with Gasteiger partial charge in [-0.1, -0.05) is 43.4 Å². The predicted molar refractivity (Wildman–Crippen MR) is 155 cm³/mol. The number of fused-ring (bicyclic) bond motifs is 2. The number of benzene rings is 2. The van der Waals surface area contributed by atoms with Gasteiger partial charge in [-0.3, -0.25) is 14.7 Å². The van der Waals surface area contributed by atoms with Gasteiger partial charge in [-0.05, 0) is 48.7 Å². The second kappa shape index (κ2) is 11.7. The van der Waals surface area contributed by atoms with Crippen molar-refractivity contribution in [2.45, 2.75) is 57.0 Å². The molecule has 0 bridgehead atoms. The quantitative estimate of drug-likeness (QED) is 0.240. The molecule has 2 atom stereocenters. The van der Waals surface area contributed by atoms with Crippen molar-refractivity contribution in [2.24, 2.45) is 0 Å². The Morgan fingerprint density at radius 3 is 2.69 bits per heavy atom. The number of halogens is 3. The van der Waals surface area contributed by atoms with Crippen LogP contribution in [0.2, 0.25) is 30.7 Å². The minimum Gasteiger partial charge on any atom is -0.436 e. The number of amides is 2. The Morgan fingerprint density at radius 2 is 1.98 bits per heavy atom. The summed E-state index contributed by atoms with van der Waals surface area (Å²) in [6.45, 7) is 7.28. The van der Waals surface area contributed by atoms with Crippen molar-refractivity contribution in [1.82, 2.24) is 14.5 Å². The van der Waals surface area contributed by atoms with E-state index in [1.807, 2.05) is 0 Å². The van der Waals surface area contributed by atoms with Gasteiger partial charge in [-0.2, -0.15) is 0 Å². The Balaban J connectivity index is 1.47. The molecule has 224 valence electrons. The lowest BCUT2D eigenvalue weighted by atomic mass is 9.83. The number of aromatic nitrogens is 2. The zero-order valence-corrected chi connectivity index (χ0v) is 25.4. The first-order valence-corrected chi connectivity index (χ1v) is 17.8. The largest absolute Gasteiger partial charge is 0.436 e. The number of nitrogens with one attached hydrogen (secondary N) is 1. The summed E-state index contributed by atoms with van der Waals surface area (Å²) >= 11 is 6.09. The molecule has 13 heteroatoms. The Labute approximate surface area is 248 Å². The SMILES string of the molecule is C[Si](C)(C)CCOCn1c(C(=O)N2CCC[C@@]3(C2)OC(=O)Nc2ccc(Cl)c(F)c23)cnc1C(O)c1ccc(F)cc1. The lowest BCUT2D eigenvalue weighted by Crippen LogP contribution is -2.53. The summed E-state index contributed by atoms with van der Waals surface area (Å²) in [5, 5.41) is 13.5. The average Bonchev–Trinajstić information content (AvgIpc) is 3.35. The van der Waals surface area contributed by atoms with Crippen molar-refractivity contribution in [3.63, 3.8) is 0 Å². The topological polar surface area (TPSA) is 106 Å². The number of likely N-dealkylation sites (tertiary alicyclic amines) is 1. The number of hydrogen-bond donors (Lipinski definition) is 2. The smallest absolute Gasteiger partial charge is 0.412 e. The molecule has 2 aromatic carbocycles. The first-order chi connectivity index (χ1) is 19.9. The highest BCUT2D eigenvalue weighted by molar-refractivity contribution is 6.76. The summed E-state index contributed by atoms with van der Waals surface area (Å²) in [6, 6.07) is 9.13. The molecule has 2 aliphatic rings. The first kappa shape index (κ1) is 30.1. The van der Waals surface area contributed by atoms with Crippen LogP contribution in [-0.4, -0.2) is 59.3 Å². The molecule has 2 N–H and O–H groups in total. The molecule has 5 rings (SSSR count). The molecule has 0 radical (unpaired) electrons. The van der Waals surface area contributed by atoms with E-state index < -0.39 is 43.4 Å². The Morgan fingerprint density at radius 1 is 1.24 bits per heavy atom. The number of hydrogen-bond acceptors (Lipinski definition) is 6. The van der Waals surface area contributed by atoms with Crippen molar-refractivity contribution in [3.05, 3.63) is 81.9 Å². The Bertz CT molecular complexity index is 1500. The number of aliphatic hydroxyl groups excluding tert-OH is 1.